The second-order valence-corrected chi connectivity index (χ2v) is 9.15. The minimum atomic E-state index is -3.05. The van der Waals surface area contributed by atoms with Gasteiger partial charge in [0.1, 0.15) is 0 Å². The van der Waals surface area contributed by atoms with E-state index in [0.717, 1.165) is 17.1 Å². The molecule has 0 aliphatic carbocycles. The minimum absolute atomic E-state index is 0.0365. The minimum Gasteiger partial charge on any atom is -0.374 e. The van der Waals surface area contributed by atoms with E-state index in [1.807, 2.05) is 35.7 Å². The first-order valence-corrected chi connectivity index (χ1v) is 10.8. The summed E-state index contributed by atoms with van der Waals surface area (Å²) < 4.78 is 28.5. The van der Waals surface area contributed by atoms with Gasteiger partial charge in [0.15, 0.2) is 9.84 Å². The van der Waals surface area contributed by atoms with Crippen LogP contribution in [0.2, 0.25) is 0 Å². The molecule has 1 fully saturated rings. The zero-order chi connectivity index (χ0) is 17.7. The van der Waals surface area contributed by atoms with Crippen molar-refractivity contribution in [1.82, 2.24) is 10.3 Å². The molecule has 0 spiro atoms. The van der Waals surface area contributed by atoms with Gasteiger partial charge in [0.25, 0.3) is 0 Å². The molecule has 2 aromatic rings. The van der Waals surface area contributed by atoms with Gasteiger partial charge in [-0.15, -0.1) is 11.3 Å². The zero-order valence-electron chi connectivity index (χ0n) is 13.7. The molecule has 1 aromatic carbocycles. The first kappa shape index (κ1) is 18.0. The summed E-state index contributed by atoms with van der Waals surface area (Å²) in [7, 11) is -3.05. The monoisotopic (exact) mass is 380 g/mol. The maximum atomic E-state index is 12.0. The number of benzene rings is 1. The predicted molar refractivity (Wildman–Crippen MR) is 96.5 cm³/mol. The van der Waals surface area contributed by atoms with Gasteiger partial charge in [0, 0.05) is 18.3 Å². The number of hydrogen-bond donors (Lipinski definition) is 1. The van der Waals surface area contributed by atoms with E-state index in [1.165, 1.54) is 16.9 Å². The fourth-order valence-electron chi connectivity index (χ4n) is 2.61. The SMILES string of the molecule is O=C(Cc1csc(Cc2ccccc2)n1)NC[C@H]1CS(=O)(=O)CCO1. The number of amides is 1. The summed E-state index contributed by atoms with van der Waals surface area (Å²) >= 11 is 1.54. The number of nitrogens with zero attached hydrogens (tertiary/aromatic N) is 1. The number of rotatable bonds is 6. The molecular weight excluding hydrogens is 360 g/mol. The number of sulfone groups is 1. The molecule has 3 rings (SSSR count). The average Bonchev–Trinajstić information content (AvgIpc) is 3.00. The third-order valence-corrected chi connectivity index (χ3v) is 6.42. The Labute approximate surface area is 151 Å². The average molecular weight is 380 g/mol. The highest BCUT2D eigenvalue weighted by atomic mass is 32.2. The number of carbonyl (C=O) groups excluding carboxylic acids is 1. The summed E-state index contributed by atoms with van der Waals surface area (Å²) in [6.45, 7) is 0.400. The second-order valence-electron chi connectivity index (χ2n) is 5.98. The highest BCUT2D eigenvalue weighted by molar-refractivity contribution is 7.91. The highest BCUT2D eigenvalue weighted by Gasteiger charge is 2.25. The van der Waals surface area contributed by atoms with Crippen LogP contribution >= 0.6 is 11.3 Å². The van der Waals surface area contributed by atoms with E-state index in [9.17, 15) is 13.2 Å². The molecular formula is C17H20N2O4S2. The van der Waals surface area contributed by atoms with Crippen LogP contribution in [-0.4, -0.2) is 50.1 Å². The summed E-state index contributed by atoms with van der Waals surface area (Å²) in [6, 6.07) is 10.1. The van der Waals surface area contributed by atoms with E-state index in [2.05, 4.69) is 10.3 Å². The summed E-state index contributed by atoms with van der Waals surface area (Å²) in [5.41, 5.74) is 1.91. The molecule has 0 unspecified atom stereocenters. The normalized spacial score (nSPS) is 19.4. The van der Waals surface area contributed by atoms with E-state index < -0.39 is 15.9 Å². The molecule has 1 aliphatic heterocycles. The lowest BCUT2D eigenvalue weighted by Gasteiger charge is -2.22. The van der Waals surface area contributed by atoms with Crippen LogP contribution in [0.5, 0.6) is 0 Å². The number of carbonyl (C=O) groups is 1. The molecule has 1 amide bonds. The number of nitrogens with one attached hydrogen (secondary N) is 1. The summed E-state index contributed by atoms with van der Waals surface area (Å²) in [6.07, 6.45) is 0.470. The van der Waals surface area contributed by atoms with Crippen LogP contribution in [0.3, 0.4) is 0 Å². The molecule has 6 nitrogen and oxygen atoms in total. The Balaban J connectivity index is 1.47. The van der Waals surface area contributed by atoms with E-state index in [0.29, 0.717) is 0 Å². The third-order valence-electron chi connectivity index (χ3n) is 3.85. The van der Waals surface area contributed by atoms with Crippen LogP contribution < -0.4 is 5.32 Å². The summed E-state index contributed by atoms with van der Waals surface area (Å²) in [5.74, 6) is -0.158. The van der Waals surface area contributed by atoms with E-state index in [1.54, 1.807) is 0 Å². The Kier molecular flexibility index (Phi) is 5.82. The van der Waals surface area contributed by atoms with Crippen LogP contribution in [0.1, 0.15) is 16.3 Å². The molecule has 1 aliphatic rings. The quantitative estimate of drug-likeness (QED) is 0.814. The number of hydrogen-bond acceptors (Lipinski definition) is 6. The van der Waals surface area contributed by atoms with Crippen molar-refractivity contribution < 1.29 is 17.9 Å². The van der Waals surface area contributed by atoms with Gasteiger partial charge in [-0.3, -0.25) is 4.79 Å². The van der Waals surface area contributed by atoms with Crippen LogP contribution in [0.15, 0.2) is 35.7 Å². The second kappa shape index (κ2) is 8.07. The smallest absolute Gasteiger partial charge is 0.226 e. The maximum Gasteiger partial charge on any atom is 0.226 e. The lowest BCUT2D eigenvalue weighted by atomic mass is 10.2. The number of thiazole rings is 1. The van der Waals surface area contributed by atoms with Gasteiger partial charge >= 0.3 is 0 Å². The fourth-order valence-corrected chi connectivity index (χ4v) is 4.74. The molecule has 0 bridgehead atoms. The first-order chi connectivity index (χ1) is 12.0. The van der Waals surface area contributed by atoms with Gasteiger partial charge in [0.05, 0.1) is 41.3 Å². The van der Waals surface area contributed by atoms with Gasteiger partial charge < -0.3 is 10.1 Å². The van der Waals surface area contributed by atoms with Gasteiger partial charge in [0.2, 0.25) is 5.91 Å². The molecule has 25 heavy (non-hydrogen) atoms. The van der Waals surface area contributed by atoms with Crippen molar-refractivity contribution in [2.45, 2.75) is 18.9 Å². The standard InChI is InChI=1S/C17H20N2O4S2/c20-16(18-10-15-12-25(21,22)7-6-23-15)9-14-11-24-17(19-14)8-13-4-2-1-3-5-13/h1-5,11,15H,6-10,12H2,(H,18,20)/t15-/m0/s1. The molecule has 134 valence electrons. The van der Waals surface area contributed by atoms with Crippen molar-refractivity contribution in [3.05, 3.63) is 52.0 Å². The van der Waals surface area contributed by atoms with E-state index in [-0.39, 0.29) is 37.0 Å². The summed E-state index contributed by atoms with van der Waals surface area (Å²) in [4.78, 5) is 16.5. The number of ether oxygens (including phenoxy) is 1. The van der Waals surface area contributed by atoms with Crippen molar-refractivity contribution in [1.29, 1.82) is 0 Å². The Bertz CT molecular complexity index is 818. The molecule has 0 saturated carbocycles. The molecule has 1 atom stereocenters. The van der Waals surface area contributed by atoms with Crippen LogP contribution in [-0.2, 0) is 32.2 Å². The molecule has 2 heterocycles. The molecule has 1 saturated heterocycles. The maximum absolute atomic E-state index is 12.0. The Morgan fingerprint density at radius 3 is 2.88 bits per heavy atom. The van der Waals surface area contributed by atoms with Crippen molar-refractivity contribution in [3.63, 3.8) is 0 Å². The van der Waals surface area contributed by atoms with Crippen LogP contribution in [0, 0.1) is 0 Å². The van der Waals surface area contributed by atoms with Gasteiger partial charge in [-0.05, 0) is 5.56 Å². The predicted octanol–water partition coefficient (Wildman–Crippen LogP) is 1.21. The Morgan fingerprint density at radius 1 is 1.32 bits per heavy atom. The van der Waals surface area contributed by atoms with Gasteiger partial charge in [-0.25, -0.2) is 13.4 Å². The first-order valence-electron chi connectivity index (χ1n) is 8.06. The molecule has 0 radical (unpaired) electrons. The summed E-state index contributed by atoms with van der Waals surface area (Å²) in [5, 5.41) is 5.59. The number of aromatic nitrogens is 1. The Hall–Kier alpha value is -1.77. The largest absolute Gasteiger partial charge is 0.374 e. The molecule has 1 N–H and O–H groups in total. The lowest BCUT2D eigenvalue weighted by molar-refractivity contribution is -0.121. The van der Waals surface area contributed by atoms with Crippen LogP contribution in [0.25, 0.3) is 0 Å². The van der Waals surface area contributed by atoms with Gasteiger partial charge in [-0.2, -0.15) is 0 Å². The van der Waals surface area contributed by atoms with Crippen molar-refractivity contribution in [3.8, 4) is 0 Å². The Morgan fingerprint density at radius 2 is 2.12 bits per heavy atom. The fraction of sp³-hybridized carbons (Fsp3) is 0.412. The van der Waals surface area contributed by atoms with Crippen molar-refractivity contribution in [2.24, 2.45) is 0 Å². The van der Waals surface area contributed by atoms with E-state index in [4.69, 9.17) is 4.74 Å². The van der Waals surface area contributed by atoms with Crippen molar-refractivity contribution in [2.75, 3.05) is 24.7 Å². The highest BCUT2D eigenvalue weighted by Crippen LogP contribution is 2.15. The van der Waals surface area contributed by atoms with E-state index >= 15 is 0 Å². The molecule has 8 heteroatoms. The third kappa shape index (κ3) is 5.62. The van der Waals surface area contributed by atoms with Gasteiger partial charge in [-0.1, -0.05) is 30.3 Å². The van der Waals surface area contributed by atoms with Crippen LogP contribution in [0.4, 0.5) is 0 Å². The van der Waals surface area contributed by atoms with Crippen molar-refractivity contribution >= 4 is 27.1 Å². The molecule has 1 aromatic heterocycles. The zero-order valence-corrected chi connectivity index (χ0v) is 15.3. The topological polar surface area (TPSA) is 85.4 Å². The lowest BCUT2D eigenvalue weighted by Crippen LogP contribution is -2.42.